The van der Waals surface area contributed by atoms with Gasteiger partial charge in [-0.05, 0) is 92.3 Å². The van der Waals surface area contributed by atoms with Gasteiger partial charge in [-0.15, -0.1) is 10.2 Å². The van der Waals surface area contributed by atoms with E-state index in [1.165, 1.54) is 16.7 Å². The number of ether oxygens (including phenoxy) is 1. The van der Waals surface area contributed by atoms with Gasteiger partial charge in [0.05, 0.1) is 70.0 Å². The second-order valence-electron chi connectivity index (χ2n) is 16.8. The number of nitrogens with one attached hydrogen (secondary N) is 3. The molecule has 10 rings (SSSR count). The molecule has 3 N–H and O–H groups in total. The van der Waals surface area contributed by atoms with E-state index in [1.54, 1.807) is 46.5 Å². The number of benzene rings is 4. The maximum atomic E-state index is 13.1. The maximum Gasteiger partial charge on any atom is 0.328 e. The molecule has 314 valence electrons. The van der Waals surface area contributed by atoms with Crippen molar-refractivity contribution in [3.05, 3.63) is 128 Å². The van der Waals surface area contributed by atoms with Crippen molar-refractivity contribution in [2.45, 2.75) is 58.7 Å². The van der Waals surface area contributed by atoms with Crippen LogP contribution in [-0.2, 0) is 39.3 Å². The van der Waals surface area contributed by atoms with E-state index in [-0.39, 0.29) is 29.6 Å². The molecule has 9 aromatic rings. The van der Waals surface area contributed by atoms with Gasteiger partial charge in [-0.2, -0.15) is 15.3 Å². The van der Waals surface area contributed by atoms with Gasteiger partial charge in [-0.3, -0.25) is 23.4 Å². The Labute approximate surface area is 356 Å². The lowest BCUT2D eigenvalue weighted by Gasteiger charge is -2.26. The number of H-pyrrole nitrogens is 1. The minimum Gasteiger partial charge on any atom is -0.373 e. The first-order chi connectivity index (χ1) is 29.9. The van der Waals surface area contributed by atoms with Crippen LogP contribution in [0.5, 0.6) is 0 Å². The average molecular weight is 829 g/mol. The highest BCUT2D eigenvalue weighted by atomic mass is 16.5. The zero-order valence-corrected chi connectivity index (χ0v) is 36.0. The van der Waals surface area contributed by atoms with Crippen LogP contribution in [0, 0.1) is 13.8 Å². The average Bonchev–Trinajstić information content (AvgIpc) is 3.90. The van der Waals surface area contributed by atoms with Gasteiger partial charge in [-0.25, -0.2) is 9.59 Å². The Bertz CT molecular complexity index is 3440. The van der Waals surface area contributed by atoms with Crippen LogP contribution in [0.15, 0.2) is 82.5 Å². The maximum absolute atomic E-state index is 13.1. The summed E-state index contributed by atoms with van der Waals surface area (Å²) in [7, 11) is 7.18. The van der Waals surface area contributed by atoms with Crippen LogP contribution < -0.4 is 22.0 Å². The molecule has 1 unspecified atom stereocenters. The first kappa shape index (κ1) is 39.0. The summed E-state index contributed by atoms with van der Waals surface area (Å²) in [5, 5.41) is 38.0. The zero-order valence-electron chi connectivity index (χ0n) is 36.0. The molecule has 0 bridgehead atoms. The predicted molar refractivity (Wildman–Crippen MR) is 245 cm³/mol. The Kier molecular flexibility index (Phi) is 9.32. The van der Waals surface area contributed by atoms with Gasteiger partial charge in [0.25, 0.3) is 0 Å². The third-order valence-corrected chi connectivity index (χ3v) is 13.0. The Hall–Kier alpha value is -7.13. The number of aromatic nitrogens is 10. The monoisotopic (exact) mass is 828 g/mol. The molecule has 4 aromatic carbocycles. The molecule has 62 heavy (non-hydrogen) atoms. The quantitative estimate of drug-likeness (QED) is 0.135. The minimum absolute atomic E-state index is 0.0756. The van der Waals surface area contributed by atoms with Crippen molar-refractivity contribution in [3.8, 4) is 0 Å². The Morgan fingerprint density at radius 1 is 0.742 bits per heavy atom. The number of fused-ring (bicyclic) bond motifs is 5. The summed E-state index contributed by atoms with van der Waals surface area (Å²) in [5.41, 5.74) is 11.5. The largest absolute Gasteiger partial charge is 0.373 e. The van der Waals surface area contributed by atoms with Gasteiger partial charge < -0.3 is 15.4 Å². The number of aromatic amines is 1. The topological polar surface area (TPSA) is 167 Å². The summed E-state index contributed by atoms with van der Waals surface area (Å²) < 4.78 is 13.1. The molecule has 0 aliphatic carbocycles. The normalized spacial score (nSPS) is 15.5. The second-order valence-corrected chi connectivity index (χ2v) is 16.8. The summed E-state index contributed by atoms with van der Waals surface area (Å²) in [6.07, 6.45) is 5.07. The molecule has 0 radical (unpaired) electrons. The highest BCUT2D eigenvalue weighted by molar-refractivity contribution is 6.03. The van der Waals surface area contributed by atoms with Crippen molar-refractivity contribution < 1.29 is 4.74 Å². The van der Waals surface area contributed by atoms with Gasteiger partial charge in [0, 0.05) is 61.5 Å². The van der Waals surface area contributed by atoms with Crippen LogP contribution in [0.2, 0.25) is 0 Å². The highest BCUT2D eigenvalue weighted by Crippen LogP contribution is 2.36. The smallest absolute Gasteiger partial charge is 0.328 e. The van der Waals surface area contributed by atoms with Gasteiger partial charge in [0.15, 0.2) is 11.6 Å². The lowest BCUT2D eigenvalue weighted by Crippen LogP contribution is -2.22. The van der Waals surface area contributed by atoms with E-state index in [2.05, 4.69) is 100 Å². The number of aryl methyl sites for hydroxylation is 5. The lowest BCUT2D eigenvalue weighted by molar-refractivity contribution is 0.0708. The summed E-state index contributed by atoms with van der Waals surface area (Å²) in [6.45, 7) is 8.82. The van der Waals surface area contributed by atoms with Crippen molar-refractivity contribution >= 4 is 71.7 Å². The second kappa shape index (κ2) is 14.8. The van der Waals surface area contributed by atoms with Crippen molar-refractivity contribution in [1.29, 1.82) is 0 Å². The van der Waals surface area contributed by atoms with Crippen LogP contribution in [0.1, 0.15) is 66.0 Å². The Balaban J connectivity index is 0.935. The van der Waals surface area contributed by atoms with E-state index >= 15 is 0 Å². The van der Waals surface area contributed by atoms with E-state index in [4.69, 9.17) is 14.9 Å². The van der Waals surface area contributed by atoms with Gasteiger partial charge in [-0.1, -0.05) is 36.4 Å². The fraction of sp³-hybridized carbons (Fsp3) is 0.298. The van der Waals surface area contributed by atoms with E-state index in [0.29, 0.717) is 31.1 Å². The highest BCUT2D eigenvalue weighted by Gasteiger charge is 2.25. The fourth-order valence-electron chi connectivity index (χ4n) is 9.34. The molecule has 15 heteroatoms. The number of nitrogens with zero attached hydrogens (tertiary/aromatic N) is 9. The Morgan fingerprint density at radius 3 is 2.05 bits per heavy atom. The van der Waals surface area contributed by atoms with Crippen LogP contribution >= 0.6 is 0 Å². The van der Waals surface area contributed by atoms with Crippen LogP contribution in [0.3, 0.4) is 0 Å². The number of hydrogen-bond acceptors (Lipinski definition) is 10. The summed E-state index contributed by atoms with van der Waals surface area (Å²) in [6, 6.07) is 20.7. The zero-order chi connectivity index (χ0) is 43.1. The van der Waals surface area contributed by atoms with Crippen molar-refractivity contribution in [2.24, 2.45) is 28.2 Å². The molecule has 0 spiro atoms. The Morgan fingerprint density at radius 2 is 1.35 bits per heavy atom. The molecule has 6 heterocycles. The van der Waals surface area contributed by atoms with Crippen LogP contribution in [0.25, 0.3) is 60.1 Å². The first-order valence-corrected chi connectivity index (χ1v) is 20.9. The van der Waals surface area contributed by atoms with Crippen molar-refractivity contribution in [2.75, 3.05) is 17.2 Å². The molecule has 15 nitrogen and oxygen atoms in total. The van der Waals surface area contributed by atoms with E-state index < -0.39 is 0 Å². The molecule has 5 aromatic heterocycles. The molecule has 1 aliphatic heterocycles. The first-order valence-electron chi connectivity index (χ1n) is 20.9. The molecule has 0 saturated carbocycles. The van der Waals surface area contributed by atoms with Crippen LogP contribution in [-0.4, -0.2) is 61.6 Å². The minimum atomic E-state index is -0.153. The van der Waals surface area contributed by atoms with Gasteiger partial charge in [0.2, 0.25) is 0 Å². The SMILES string of the molecule is Cc1c(C2=CCOC(Cc3nnc(N[C@H](C)c4ccc5cn[nH]c5c4)c4cc5c(cc34)n(C)c(=O)n5C)C2)cccc1[C@@H](C)Nc1nnc(C)c2cc3c(cc12)n(C)c(=O)n3C. The molecular formula is C47H48N12O3. The predicted octanol–water partition coefficient (Wildman–Crippen LogP) is 7.21. The number of rotatable bonds is 9. The van der Waals surface area contributed by atoms with E-state index in [1.807, 2.05) is 31.3 Å². The standard InChI is InChI=1S/C47H48N12O3/c1-24-32(26(3)50-44-36-21-42-40(56(5)46(60)58(42)7)19-34(36)27(4)51-54-44)10-9-11-33(24)29-14-15-62-31(16-29)18-39-35-20-41-43(59(8)47(61)57(41)6)22-37(35)45(55-53-39)49-25(2)28-12-13-30-23-48-52-38(30)17-28/h9-14,17,19-23,25-26,31H,15-16,18H2,1-8H3,(H,48,52)(H,49,55)(H,50,54)/t25-,26-,31?/m1/s1. The number of imidazole rings is 2. The van der Waals surface area contributed by atoms with Gasteiger partial charge >= 0.3 is 11.4 Å². The number of anilines is 2. The van der Waals surface area contributed by atoms with Gasteiger partial charge in [0.1, 0.15) is 0 Å². The molecule has 0 amide bonds. The summed E-state index contributed by atoms with van der Waals surface area (Å²) in [4.78, 5) is 25.9. The molecule has 0 fully saturated rings. The molecule has 1 aliphatic rings. The lowest BCUT2D eigenvalue weighted by atomic mass is 9.89. The number of hydrogen-bond donors (Lipinski definition) is 3. The third kappa shape index (κ3) is 6.33. The van der Waals surface area contributed by atoms with E-state index in [0.717, 1.165) is 77.0 Å². The molecule has 0 saturated heterocycles. The third-order valence-electron chi connectivity index (χ3n) is 13.0. The fourth-order valence-corrected chi connectivity index (χ4v) is 9.34. The van der Waals surface area contributed by atoms with Crippen molar-refractivity contribution in [3.63, 3.8) is 0 Å². The van der Waals surface area contributed by atoms with E-state index in [9.17, 15) is 9.59 Å². The van der Waals surface area contributed by atoms with Crippen molar-refractivity contribution in [1.82, 2.24) is 48.9 Å². The van der Waals surface area contributed by atoms with Crippen LogP contribution in [0.4, 0.5) is 11.6 Å². The molecule has 3 atom stereocenters. The summed E-state index contributed by atoms with van der Waals surface area (Å²) >= 11 is 0. The molecular weight excluding hydrogens is 781 g/mol. The summed E-state index contributed by atoms with van der Waals surface area (Å²) in [5.74, 6) is 1.31.